The van der Waals surface area contributed by atoms with Crippen LogP contribution in [0.4, 0.5) is 10.2 Å². The van der Waals surface area contributed by atoms with Crippen molar-refractivity contribution in [3.8, 4) is 0 Å². The van der Waals surface area contributed by atoms with E-state index < -0.39 is 17.2 Å². The van der Waals surface area contributed by atoms with Gasteiger partial charge in [-0.05, 0) is 38.2 Å². The number of piperidine rings is 1. The number of anilines is 1. The largest absolute Gasteiger partial charge is 0.477 e. The molecule has 2 aromatic rings. The predicted octanol–water partition coefficient (Wildman–Crippen LogP) is 2.56. The minimum atomic E-state index is -1.29. The molecule has 4 rings (SSSR count). The van der Waals surface area contributed by atoms with Gasteiger partial charge in [0.15, 0.2) is 11.6 Å². The second-order valence-corrected chi connectivity index (χ2v) is 6.53. The lowest BCUT2D eigenvalue weighted by molar-refractivity contribution is 0.0695. The van der Waals surface area contributed by atoms with Gasteiger partial charge < -0.3 is 14.6 Å². The number of hydrogen-bond acceptors (Lipinski definition) is 4. The van der Waals surface area contributed by atoms with Gasteiger partial charge in [0, 0.05) is 25.3 Å². The summed E-state index contributed by atoms with van der Waals surface area (Å²) in [6.07, 6.45) is 6.29. The number of fused-ring (bicyclic) bond motifs is 1. The molecule has 7 heteroatoms. The van der Waals surface area contributed by atoms with Crippen molar-refractivity contribution in [3.05, 3.63) is 33.9 Å². The maximum Gasteiger partial charge on any atom is 0.341 e. The number of carbonyl (C=O) groups is 1. The van der Waals surface area contributed by atoms with Crippen molar-refractivity contribution < 1.29 is 14.3 Å². The Hall–Kier alpha value is -2.44. The first-order valence-corrected chi connectivity index (χ1v) is 8.30. The minimum absolute atomic E-state index is 0.0417. The maximum atomic E-state index is 14.6. The summed E-state index contributed by atoms with van der Waals surface area (Å²) < 4.78 is 16.3. The first kappa shape index (κ1) is 15.1. The first-order valence-electron chi connectivity index (χ1n) is 8.30. The molecule has 0 unspecified atom stereocenters. The number of pyridine rings is 2. The highest BCUT2D eigenvalue weighted by Gasteiger charge is 2.29. The molecule has 0 aromatic carbocycles. The van der Waals surface area contributed by atoms with Crippen molar-refractivity contribution in [2.75, 3.05) is 18.0 Å². The molecule has 1 saturated carbocycles. The van der Waals surface area contributed by atoms with E-state index >= 15 is 0 Å². The summed E-state index contributed by atoms with van der Waals surface area (Å²) in [4.78, 5) is 30.1. The van der Waals surface area contributed by atoms with Crippen molar-refractivity contribution >= 4 is 22.8 Å². The summed E-state index contributed by atoms with van der Waals surface area (Å²) in [7, 11) is 0. The standard InChI is InChI=1S/C17H18FN3O3/c18-13-8-11-14(22)12(17(23)24)9-21(10-4-5-10)15(11)19-16(13)20-6-2-1-3-7-20/h8-10H,1-7H2,(H,23,24). The van der Waals surface area contributed by atoms with Crippen LogP contribution in [0, 0.1) is 5.82 Å². The Morgan fingerprint density at radius 1 is 1.25 bits per heavy atom. The Morgan fingerprint density at radius 2 is 1.96 bits per heavy atom. The highest BCUT2D eigenvalue weighted by molar-refractivity contribution is 5.92. The van der Waals surface area contributed by atoms with Gasteiger partial charge in [0.1, 0.15) is 11.2 Å². The molecule has 1 saturated heterocycles. The van der Waals surface area contributed by atoms with Crippen LogP contribution >= 0.6 is 0 Å². The van der Waals surface area contributed by atoms with E-state index in [-0.39, 0.29) is 22.8 Å². The molecular formula is C17H18FN3O3. The molecule has 126 valence electrons. The number of carboxylic acids is 1. The molecule has 0 bridgehead atoms. The Labute approximate surface area is 137 Å². The fourth-order valence-corrected chi connectivity index (χ4v) is 3.35. The van der Waals surface area contributed by atoms with Crippen LogP contribution in [0.2, 0.25) is 0 Å². The summed E-state index contributed by atoms with van der Waals surface area (Å²) in [5.41, 5.74) is -0.623. The number of halogens is 1. The normalized spacial score (nSPS) is 18.1. The topological polar surface area (TPSA) is 75.4 Å². The molecule has 0 radical (unpaired) electrons. The fourth-order valence-electron chi connectivity index (χ4n) is 3.35. The van der Waals surface area contributed by atoms with Gasteiger partial charge >= 0.3 is 5.97 Å². The van der Waals surface area contributed by atoms with Crippen LogP contribution in [0.15, 0.2) is 17.1 Å². The number of hydrogen-bond donors (Lipinski definition) is 1. The van der Waals surface area contributed by atoms with Gasteiger partial charge in [-0.1, -0.05) is 0 Å². The van der Waals surface area contributed by atoms with Crippen LogP contribution in [-0.4, -0.2) is 33.7 Å². The van der Waals surface area contributed by atoms with E-state index in [1.807, 2.05) is 4.90 Å². The molecule has 2 aliphatic rings. The average molecular weight is 331 g/mol. The van der Waals surface area contributed by atoms with Crippen molar-refractivity contribution in [2.24, 2.45) is 0 Å². The third kappa shape index (κ3) is 2.44. The molecule has 0 atom stereocenters. The Bertz CT molecular complexity index is 883. The maximum absolute atomic E-state index is 14.6. The highest BCUT2D eigenvalue weighted by atomic mass is 19.1. The van der Waals surface area contributed by atoms with E-state index in [4.69, 9.17) is 0 Å². The molecule has 0 spiro atoms. The summed E-state index contributed by atoms with van der Waals surface area (Å²) in [5, 5.41) is 9.29. The summed E-state index contributed by atoms with van der Waals surface area (Å²) in [6.45, 7) is 1.49. The van der Waals surface area contributed by atoms with Gasteiger partial charge in [0.2, 0.25) is 5.43 Å². The number of nitrogens with zero attached hydrogens (tertiary/aromatic N) is 3. The summed E-state index contributed by atoms with van der Waals surface area (Å²) in [6, 6.07) is 1.29. The van der Waals surface area contributed by atoms with Crippen LogP contribution in [0.3, 0.4) is 0 Å². The van der Waals surface area contributed by atoms with E-state index in [2.05, 4.69) is 4.98 Å². The lowest BCUT2D eigenvalue weighted by Crippen LogP contribution is -2.31. The quantitative estimate of drug-likeness (QED) is 0.935. The van der Waals surface area contributed by atoms with Crippen molar-refractivity contribution in [1.82, 2.24) is 9.55 Å². The van der Waals surface area contributed by atoms with E-state index in [1.165, 1.54) is 6.20 Å². The molecule has 6 nitrogen and oxygen atoms in total. The second-order valence-electron chi connectivity index (χ2n) is 6.53. The number of rotatable bonds is 3. The monoisotopic (exact) mass is 331 g/mol. The Kier molecular flexibility index (Phi) is 3.51. The van der Waals surface area contributed by atoms with Gasteiger partial charge in [0.05, 0.1) is 5.39 Å². The second kappa shape index (κ2) is 5.58. The minimum Gasteiger partial charge on any atom is -0.477 e. The van der Waals surface area contributed by atoms with Crippen molar-refractivity contribution in [2.45, 2.75) is 38.1 Å². The van der Waals surface area contributed by atoms with Crippen molar-refractivity contribution in [3.63, 3.8) is 0 Å². The SMILES string of the molecule is O=C(O)c1cn(C2CC2)c2nc(N3CCCCC3)c(F)cc2c1=O. The number of aromatic carboxylic acids is 1. The van der Waals surface area contributed by atoms with Gasteiger partial charge in [-0.2, -0.15) is 0 Å². The number of aromatic nitrogens is 2. The molecule has 3 heterocycles. The Morgan fingerprint density at radius 3 is 2.58 bits per heavy atom. The fraction of sp³-hybridized carbons (Fsp3) is 0.471. The highest BCUT2D eigenvalue weighted by Crippen LogP contribution is 2.37. The lowest BCUT2D eigenvalue weighted by Gasteiger charge is -2.28. The third-order valence-electron chi connectivity index (χ3n) is 4.77. The molecule has 1 aliphatic heterocycles. The van der Waals surface area contributed by atoms with Crippen LogP contribution < -0.4 is 10.3 Å². The summed E-state index contributed by atoms with van der Waals surface area (Å²) in [5.74, 6) is -1.60. The lowest BCUT2D eigenvalue weighted by atomic mass is 10.1. The molecule has 2 fully saturated rings. The molecule has 1 aliphatic carbocycles. The van der Waals surface area contributed by atoms with E-state index in [0.717, 1.165) is 51.3 Å². The van der Waals surface area contributed by atoms with Gasteiger partial charge in [-0.25, -0.2) is 14.2 Å². The van der Waals surface area contributed by atoms with Crippen LogP contribution in [0.25, 0.3) is 11.0 Å². The van der Waals surface area contributed by atoms with Crippen LogP contribution in [0.5, 0.6) is 0 Å². The van der Waals surface area contributed by atoms with Crippen LogP contribution in [-0.2, 0) is 0 Å². The van der Waals surface area contributed by atoms with Crippen molar-refractivity contribution in [1.29, 1.82) is 0 Å². The molecule has 1 N–H and O–H groups in total. The van der Waals surface area contributed by atoms with E-state index in [0.29, 0.717) is 5.65 Å². The zero-order valence-electron chi connectivity index (χ0n) is 13.2. The molecular weight excluding hydrogens is 313 g/mol. The molecule has 2 aromatic heterocycles. The first-order chi connectivity index (χ1) is 11.6. The van der Waals surface area contributed by atoms with Gasteiger partial charge in [0.25, 0.3) is 0 Å². The number of carboxylic acid groups (broad SMARTS) is 1. The molecule has 0 amide bonds. The molecule has 24 heavy (non-hydrogen) atoms. The van der Waals surface area contributed by atoms with E-state index in [1.54, 1.807) is 4.57 Å². The average Bonchev–Trinajstić information content (AvgIpc) is 3.40. The summed E-state index contributed by atoms with van der Waals surface area (Å²) >= 11 is 0. The smallest absolute Gasteiger partial charge is 0.341 e. The van der Waals surface area contributed by atoms with Gasteiger partial charge in [-0.3, -0.25) is 4.79 Å². The Balaban J connectivity index is 1.95. The van der Waals surface area contributed by atoms with Gasteiger partial charge in [-0.15, -0.1) is 0 Å². The third-order valence-corrected chi connectivity index (χ3v) is 4.77. The predicted molar refractivity (Wildman–Crippen MR) is 87.3 cm³/mol. The zero-order chi connectivity index (χ0) is 16.8. The van der Waals surface area contributed by atoms with E-state index in [9.17, 15) is 19.1 Å². The van der Waals surface area contributed by atoms with Crippen LogP contribution in [0.1, 0.15) is 48.5 Å². The zero-order valence-corrected chi connectivity index (χ0v) is 13.2.